The van der Waals surface area contributed by atoms with Crippen LogP contribution in [0.2, 0.25) is 0 Å². The van der Waals surface area contributed by atoms with Gasteiger partial charge in [-0.1, -0.05) is 146 Å². The van der Waals surface area contributed by atoms with Gasteiger partial charge in [-0.25, -0.2) is 4.98 Å². The Hall–Kier alpha value is -7.89. The molecule has 0 unspecified atom stereocenters. The molecule has 2 aromatic heterocycles. The summed E-state index contributed by atoms with van der Waals surface area (Å²) in [5.41, 5.74) is 17.2. The molecule has 0 bridgehead atoms. The van der Waals surface area contributed by atoms with Gasteiger partial charge in [0.1, 0.15) is 5.82 Å². The third kappa shape index (κ3) is 6.70. The number of hydrogen-bond acceptors (Lipinski definition) is 4. The van der Waals surface area contributed by atoms with E-state index in [4.69, 9.17) is 4.98 Å². The number of aryl methyl sites for hydroxylation is 1. The molecule has 3 heterocycles. The van der Waals surface area contributed by atoms with Gasteiger partial charge in [0.15, 0.2) is 0 Å². The minimum Gasteiger partial charge on any atom is -0.349 e. The lowest BCUT2D eigenvalue weighted by molar-refractivity contribution is 0.709. The zero-order valence-electron chi connectivity index (χ0n) is 35.7. The molecule has 0 N–H and O–H groups in total. The van der Waals surface area contributed by atoms with Gasteiger partial charge in [-0.2, -0.15) is 0 Å². The maximum atomic E-state index is 5.07. The Balaban J connectivity index is 1.18. The van der Waals surface area contributed by atoms with Crippen LogP contribution in [-0.2, 0) is 0 Å². The third-order valence-electron chi connectivity index (χ3n) is 12.6. The zero-order valence-corrected chi connectivity index (χ0v) is 35.7. The maximum Gasteiger partial charge on any atom is 0.138 e. The second-order valence-corrected chi connectivity index (χ2v) is 16.7. The van der Waals surface area contributed by atoms with E-state index in [0.717, 1.165) is 74.1 Å². The molecule has 0 fully saturated rings. The molecule has 5 nitrogen and oxygen atoms in total. The number of rotatable bonds is 9. The predicted molar refractivity (Wildman–Crippen MR) is 265 cm³/mol. The van der Waals surface area contributed by atoms with Gasteiger partial charge in [0, 0.05) is 51.2 Å². The van der Waals surface area contributed by atoms with Gasteiger partial charge >= 0.3 is 0 Å². The first-order chi connectivity index (χ1) is 31.0. The Labute approximate surface area is 369 Å². The molecule has 5 heteroatoms. The molecule has 11 rings (SSSR count). The summed E-state index contributed by atoms with van der Waals surface area (Å²) in [5.74, 6) is 0.879. The lowest BCUT2D eigenvalue weighted by atomic mass is 9.94. The zero-order chi connectivity index (χ0) is 42.4. The maximum absolute atomic E-state index is 5.07. The monoisotopic (exact) mass is 813 g/mol. The van der Waals surface area contributed by atoms with Crippen LogP contribution in [0.5, 0.6) is 0 Å². The van der Waals surface area contributed by atoms with Crippen LogP contribution in [0.3, 0.4) is 0 Å². The summed E-state index contributed by atoms with van der Waals surface area (Å²) in [7, 11) is 0. The van der Waals surface area contributed by atoms with Crippen molar-refractivity contribution >= 4 is 55.9 Å². The van der Waals surface area contributed by atoms with E-state index in [2.05, 4.69) is 246 Å². The summed E-state index contributed by atoms with van der Waals surface area (Å²) in [4.78, 5) is 12.5. The average molecular weight is 814 g/mol. The molecule has 304 valence electrons. The van der Waals surface area contributed by atoms with E-state index >= 15 is 0 Å². The van der Waals surface area contributed by atoms with Crippen molar-refractivity contribution < 1.29 is 0 Å². The van der Waals surface area contributed by atoms with Crippen molar-refractivity contribution in [3.63, 3.8) is 0 Å². The summed E-state index contributed by atoms with van der Waals surface area (Å²) in [6, 6.07) is 75.1. The van der Waals surface area contributed by atoms with Crippen molar-refractivity contribution in [2.24, 2.45) is 0 Å². The molecule has 10 aromatic rings. The molecule has 8 aromatic carbocycles. The summed E-state index contributed by atoms with van der Waals surface area (Å²) in [6.07, 6.45) is 1.94. The van der Waals surface area contributed by atoms with E-state index in [0.29, 0.717) is 6.04 Å². The minimum atomic E-state index is 0.354. The van der Waals surface area contributed by atoms with Crippen LogP contribution in [0, 0.1) is 6.92 Å². The number of aromatic nitrogens is 2. The van der Waals surface area contributed by atoms with Crippen molar-refractivity contribution in [1.82, 2.24) is 9.55 Å². The van der Waals surface area contributed by atoms with Gasteiger partial charge < -0.3 is 14.7 Å². The number of nitrogens with zero attached hydrogens (tertiary/aromatic N) is 5. The number of benzene rings is 8. The van der Waals surface area contributed by atoms with Crippen LogP contribution in [0.1, 0.15) is 19.4 Å². The SMILES string of the molecule is Cc1ccccc1-c1ccnc(-n2c3ccccc3c3ccc(N(c4cccc(N5CN(C(C)C)c6ccccc65)c4)c4c(-c5ccccc5)cccc4-c4ccccc4)cc32)c1. The lowest BCUT2D eigenvalue weighted by Crippen LogP contribution is -2.33. The Morgan fingerprint density at radius 3 is 1.86 bits per heavy atom. The molecule has 0 spiro atoms. The molecule has 1 aliphatic rings. The lowest BCUT2D eigenvalue weighted by Gasteiger charge is -2.32. The second-order valence-electron chi connectivity index (χ2n) is 16.7. The van der Waals surface area contributed by atoms with Gasteiger partial charge in [-0.15, -0.1) is 0 Å². The Bertz CT molecular complexity index is 3220. The topological polar surface area (TPSA) is 27.5 Å². The molecule has 63 heavy (non-hydrogen) atoms. The number of hydrogen-bond donors (Lipinski definition) is 0. The second kappa shape index (κ2) is 15.9. The van der Waals surface area contributed by atoms with E-state index in [1.165, 1.54) is 33.3 Å². The minimum absolute atomic E-state index is 0.354. The number of fused-ring (bicyclic) bond motifs is 4. The van der Waals surface area contributed by atoms with Crippen LogP contribution >= 0.6 is 0 Å². The predicted octanol–water partition coefficient (Wildman–Crippen LogP) is 15.3. The van der Waals surface area contributed by atoms with Crippen molar-refractivity contribution in [3.8, 4) is 39.2 Å². The molecule has 0 radical (unpaired) electrons. The molecule has 0 saturated carbocycles. The number of pyridine rings is 1. The highest BCUT2D eigenvalue weighted by Crippen LogP contribution is 2.49. The fourth-order valence-corrected chi connectivity index (χ4v) is 9.55. The smallest absolute Gasteiger partial charge is 0.138 e. The first kappa shape index (κ1) is 38.1. The summed E-state index contributed by atoms with van der Waals surface area (Å²) in [6.45, 7) is 7.49. The van der Waals surface area contributed by atoms with Gasteiger partial charge in [0.25, 0.3) is 0 Å². The molecule has 0 saturated heterocycles. The highest BCUT2D eigenvalue weighted by molar-refractivity contribution is 6.11. The fraction of sp³-hybridized carbons (Fsp3) is 0.0862. The molecular weight excluding hydrogens is 767 g/mol. The van der Waals surface area contributed by atoms with E-state index < -0.39 is 0 Å². The van der Waals surface area contributed by atoms with Crippen LogP contribution in [0.4, 0.5) is 34.1 Å². The standard InChI is InChI=1S/C58H47N5/c1-40(2)60-39-61(55-31-15-14-30-54(55)60)45-23-16-24-46(37-45)62(58-49(42-19-6-4-7-20-42)27-17-28-50(58)43-21-8-5-9-22-43)47-32-33-52-51-26-12-13-29-53(51)63(56(52)38-47)57-36-44(34-35-59-57)48-25-11-10-18-41(48)3/h4-38,40H,39H2,1-3H3. The van der Waals surface area contributed by atoms with Crippen LogP contribution in [0.25, 0.3) is 61.0 Å². The van der Waals surface area contributed by atoms with Gasteiger partial charge in [-0.3, -0.25) is 4.57 Å². The Kier molecular flexibility index (Phi) is 9.58. The number of para-hydroxylation sites is 4. The van der Waals surface area contributed by atoms with Gasteiger partial charge in [-0.05, 0) is 109 Å². The van der Waals surface area contributed by atoms with Crippen molar-refractivity contribution in [2.75, 3.05) is 21.4 Å². The molecular formula is C58H47N5. The van der Waals surface area contributed by atoms with Crippen LogP contribution in [-0.4, -0.2) is 22.3 Å². The van der Waals surface area contributed by atoms with Crippen molar-refractivity contribution in [2.45, 2.75) is 26.8 Å². The summed E-state index contributed by atoms with van der Waals surface area (Å²) < 4.78 is 2.34. The highest BCUT2D eigenvalue weighted by Gasteiger charge is 2.30. The molecule has 0 aliphatic carbocycles. The van der Waals surface area contributed by atoms with E-state index in [9.17, 15) is 0 Å². The average Bonchev–Trinajstić information content (AvgIpc) is 3.89. The van der Waals surface area contributed by atoms with Crippen molar-refractivity contribution in [1.29, 1.82) is 0 Å². The van der Waals surface area contributed by atoms with E-state index in [1.807, 2.05) is 6.20 Å². The Morgan fingerprint density at radius 2 is 1.11 bits per heavy atom. The van der Waals surface area contributed by atoms with Crippen molar-refractivity contribution in [3.05, 3.63) is 218 Å². The molecule has 0 amide bonds. The normalized spacial score (nSPS) is 12.4. The number of anilines is 6. The van der Waals surface area contributed by atoms with Gasteiger partial charge in [0.05, 0.1) is 34.8 Å². The first-order valence-electron chi connectivity index (χ1n) is 21.8. The first-order valence-corrected chi connectivity index (χ1v) is 21.8. The Morgan fingerprint density at radius 1 is 0.492 bits per heavy atom. The largest absolute Gasteiger partial charge is 0.349 e. The summed E-state index contributed by atoms with van der Waals surface area (Å²) >= 11 is 0. The summed E-state index contributed by atoms with van der Waals surface area (Å²) in [5, 5.41) is 2.36. The molecule has 0 atom stereocenters. The molecule has 1 aliphatic heterocycles. The fourth-order valence-electron chi connectivity index (χ4n) is 9.55. The van der Waals surface area contributed by atoms with E-state index in [-0.39, 0.29) is 0 Å². The third-order valence-corrected chi connectivity index (χ3v) is 12.6. The quantitative estimate of drug-likeness (QED) is 0.145. The van der Waals surface area contributed by atoms with Gasteiger partial charge in [0.2, 0.25) is 0 Å². The van der Waals surface area contributed by atoms with E-state index in [1.54, 1.807) is 0 Å². The van der Waals surface area contributed by atoms with Crippen LogP contribution < -0.4 is 14.7 Å². The highest BCUT2D eigenvalue weighted by atomic mass is 15.4. The van der Waals surface area contributed by atoms with Crippen LogP contribution in [0.15, 0.2) is 212 Å².